The van der Waals surface area contributed by atoms with Crippen molar-refractivity contribution in [3.05, 3.63) is 70.2 Å². The van der Waals surface area contributed by atoms with Crippen LogP contribution in [0.5, 0.6) is 5.75 Å². The number of carbonyl (C=O) groups excluding carboxylic acids is 1. The van der Waals surface area contributed by atoms with Crippen LogP contribution < -0.4 is 4.74 Å². The molecule has 6 nitrogen and oxygen atoms in total. The zero-order valence-electron chi connectivity index (χ0n) is 20.6. The highest BCUT2D eigenvalue weighted by Crippen LogP contribution is 2.35. The highest BCUT2D eigenvalue weighted by Gasteiger charge is 2.32. The monoisotopic (exact) mass is 532 g/mol. The maximum Gasteiger partial charge on any atom is 0.416 e. The summed E-state index contributed by atoms with van der Waals surface area (Å²) in [5, 5.41) is 9.84. The number of alkyl halides is 3. The summed E-state index contributed by atoms with van der Waals surface area (Å²) in [6.07, 6.45) is -2.75. The number of carbonyl (C=O) groups is 2. The van der Waals surface area contributed by atoms with Crippen molar-refractivity contribution >= 4 is 23.2 Å². The molecule has 1 amide bonds. The quantitative estimate of drug-likeness (QED) is 0.398. The summed E-state index contributed by atoms with van der Waals surface area (Å²) in [5.41, 5.74) is -0.0818. The van der Waals surface area contributed by atoms with Crippen molar-refractivity contribution in [2.45, 2.75) is 51.3 Å². The van der Waals surface area contributed by atoms with Crippen LogP contribution in [0.3, 0.4) is 0 Å². The Labute approximate surface area is 216 Å². The van der Waals surface area contributed by atoms with E-state index in [1.54, 1.807) is 17.9 Å². The van der Waals surface area contributed by atoms with E-state index in [0.29, 0.717) is 40.0 Å². The molecule has 2 aromatic carbocycles. The Morgan fingerprint density at radius 3 is 2.49 bits per heavy atom. The van der Waals surface area contributed by atoms with Crippen LogP contribution in [0.1, 0.15) is 59.1 Å². The molecule has 0 unspecified atom stereocenters. The number of hydrogen-bond acceptors (Lipinski definition) is 5. The van der Waals surface area contributed by atoms with Crippen molar-refractivity contribution in [1.29, 1.82) is 0 Å². The third-order valence-electron chi connectivity index (χ3n) is 6.38. The first-order chi connectivity index (χ1) is 17.3. The first-order valence-electron chi connectivity index (χ1n) is 11.8. The Bertz CT molecular complexity index is 1300. The van der Waals surface area contributed by atoms with E-state index >= 15 is 0 Å². The fraction of sp³-hybridized carbons (Fsp3) is 0.370. The number of amides is 1. The van der Waals surface area contributed by atoms with Crippen LogP contribution in [0.2, 0.25) is 0 Å². The van der Waals surface area contributed by atoms with E-state index in [2.05, 4.69) is 4.98 Å². The second-order valence-electron chi connectivity index (χ2n) is 9.59. The van der Waals surface area contributed by atoms with Crippen LogP contribution in [0.4, 0.5) is 13.2 Å². The van der Waals surface area contributed by atoms with Crippen molar-refractivity contribution in [3.63, 3.8) is 0 Å². The zero-order valence-corrected chi connectivity index (χ0v) is 21.4. The van der Waals surface area contributed by atoms with Gasteiger partial charge in [-0.15, -0.1) is 11.3 Å². The standard InChI is InChI=1S/C27H27F3N2O4S/c1-16-22(37-23(31-16)17-9-11-20(12-10-17)27(28,29)30)24(33)32-13-5-7-19(15-32)18-6-4-8-21(14-18)36-26(2,3)25(34)35/h4,6,8-12,14,19H,5,7,13,15H2,1-3H3,(H,34,35)/t19-/m1/s1. The number of benzene rings is 2. The number of carboxylic acids is 1. The number of thiazole rings is 1. The molecule has 196 valence electrons. The van der Waals surface area contributed by atoms with Gasteiger partial charge in [-0.25, -0.2) is 9.78 Å². The molecular formula is C27H27F3N2O4S. The van der Waals surface area contributed by atoms with Gasteiger partial charge in [-0.1, -0.05) is 24.3 Å². The van der Waals surface area contributed by atoms with Crippen molar-refractivity contribution in [2.24, 2.45) is 0 Å². The number of nitrogens with zero attached hydrogens (tertiary/aromatic N) is 2. The van der Waals surface area contributed by atoms with Gasteiger partial charge < -0.3 is 14.7 Å². The molecule has 1 aliphatic rings. The van der Waals surface area contributed by atoms with Gasteiger partial charge in [0, 0.05) is 24.6 Å². The maximum absolute atomic E-state index is 13.4. The molecule has 10 heteroatoms. The molecule has 4 rings (SSSR count). The normalized spacial score (nSPS) is 16.5. The number of rotatable bonds is 6. The second kappa shape index (κ2) is 10.2. The molecule has 0 saturated carbocycles. The lowest BCUT2D eigenvalue weighted by Crippen LogP contribution is -2.39. The van der Waals surface area contributed by atoms with Crippen LogP contribution in [0, 0.1) is 6.92 Å². The molecule has 0 spiro atoms. The molecule has 1 aromatic heterocycles. The van der Waals surface area contributed by atoms with Crippen LogP contribution in [-0.2, 0) is 11.0 Å². The predicted molar refractivity (Wildman–Crippen MR) is 134 cm³/mol. The third kappa shape index (κ3) is 5.95. The predicted octanol–water partition coefficient (Wildman–Crippen LogP) is 6.40. The van der Waals surface area contributed by atoms with Gasteiger partial charge in [0.25, 0.3) is 5.91 Å². The van der Waals surface area contributed by atoms with Gasteiger partial charge in [-0.05, 0) is 63.4 Å². The minimum Gasteiger partial charge on any atom is -0.478 e. The van der Waals surface area contributed by atoms with Gasteiger partial charge in [-0.2, -0.15) is 13.2 Å². The summed E-state index contributed by atoms with van der Waals surface area (Å²) in [5.74, 6) is -0.718. The minimum absolute atomic E-state index is 0.0526. The topological polar surface area (TPSA) is 79.7 Å². The second-order valence-corrected chi connectivity index (χ2v) is 10.6. The van der Waals surface area contributed by atoms with Gasteiger partial charge in [0.15, 0.2) is 5.60 Å². The molecule has 1 atom stereocenters. The molecule has 1 aliphatic heterocycles. The Balaban J connectivity index is 1.50. The number of aromatic nitrogens is 1. The number of piperidine rings is 1. The summed E-state index contributed by atoms with van der Waals surface area (Å²) >= 11 is 1.18. The first kappa shape index (κ1) is 26.7. The lowest BCUT2D eigenvalue weighted by Gasteiger charge is -2.33. The zero-order chi connectivity index (χ0) is 27.0. The average Bonchev–Trinajstić information content (AvgIpc) is 3.24. The molecule has 0 bridgehead atoms. The van der Waals surface area contributed by atoms with Crippen LogP contribution in [0.25, 0.3) is 10.6 Å². The summed E-state index contributed by atoms with van der Waals surface area (Å²) < 4.78 is 44.3. The van der Waals surface area contributed by atoms with Crippen LogP contribution in [0.15, 0.2) is 48.5 Å². The van der Waals surface area contributed by atoms with E-state index in [-0.39, 0.29) is 11.8 Å². The van der Waals surface area contributed by atoms with E-state index < -0.39 is 23.3 Å². The van der Waals surface area contributed by atoms with E-state index in [4.69, 9.17) is 4.74 Å². The lowest BCUT2D eigenvalue weighted by atomic mass is 9.90. The number of hydrogen-bond donors (Lipinski definition) is 1. The molecule has 1 saturated heterocycles. The number of halogens is 3. The van der Waals surface area contributed by atoms with Crippen LogP contribution in [-0.4, -0.2) is 45.6 Å². The van der Waals surface area contributed by atoms with Gasteiger partial charge in [-0.3, -0.25) is 4.79 Å². The Kier molecular flexibility index (Phi) is 7.32. The van der Waals surface area contributed by atoms with Crippen molar-refractivity contribution in [1.82, 2.24) is 9.88 Å². The van der Waals surface area contributed by atoms with Gasteiger partial charge in [0.1, 0.15) is 15.6 Å². The van der Waals surface area contributed by atoms with Crippen LogP contribution >= 0.6 is 11.3 Å². The minimum atomic E-state index is -4.42. The summed E-state index contributed by atoms with van der Waals surface area (Å²) in [6.45, 7) is 5.77. The van der Waals surface area contributed by atoms with Crippen molar-refractivity contribution < 1.29 is 32.6 Å². The summed E-state index contributed by atoms with van der Waals surface area (Å²) in [4.78, 5) is 31.5. The largest absolute Gasteiger partial charge is 0.478 e. The Morgan fingerprint density at radius 2 is 1.84 bits per heavy atom. The molecule has 0 radical (unpaired) electrons. The smallest absolute Gasteiger partial charge is 0.416 e. The number of ether oxygens (including phenoxy) is 1. The fourth-order valence-electron chi connectivity index (χ4n) is 4.27. The van der Waals surface area contributed by atoms with E-state index in [1.165, 1.54) is 37.3 Å². The van der Waals surface area contributed by atoms with E-state index in [0.717, 1.165) is 30.5 Å². The SMILES string of the molecule is Cc1nc(-c2ccc(C(F)(F)F)cc2)sc1C(=O)N1CCC[C@@H](c2cccc(OC(C)(C)C(=O)O)c2)C1. The van der Waals surface area contributed by atoms with Crippen molar-refractivity contribution in [2.75, 3.05) is 13.1 Å². The Morgan fingerprint density at radius 1 is 1.14 bits per heavy atom. The molecule has 0 aliphatic carbocycles. The van der Waals surface area contributed by atoms with Gasteiger partial charge in [0.05, 0.1) is 11.3 Å². The number of aliphatic carboxylic acids is 1. The molecule has 1 fully saturated rings. The highest BCUT2D eigenvalue weighted by atomic mass is 32.1. The molecule has 2 heterocycles. The molecule has 3 aromatic rings. The number of likely N-dealkylation sites (tertiary alicyclic amines) is 1. The summed E-state index contributed by atoms with van der Waals surface area (Å²) in [7, 11) is 0. The van der Waals surface area contributed by atoms with Gasteiger partial charge in [0.2, 0.25) is 0 Å². The number of carboxylic acid groups (broad SMARTS) is 1. The third-order valence-corrected chi connectivity index (χ3v) is 7.57. The van der Waals surface area contributed by atoms with Gasteiger partial charge >= 0.3 is 12.1 Å². The first-order valence-corrected chi connectivity index (χ1v) is 12.6. The maximum atomic E-state index is 13.4. The van der Waals surface area contributed by atoms with E-state index in [1.807, 2.05) is 18.2 Å². The van der Waals surface area contributed by atoms with E-state index in [9.17, 15) is 27.9 Å². The molecule has 1 N–H and O–H groups in total. The lowest BCUT2D eigenvalue weighted by molar-refractivity contribution is -0.152. The fourth-order valence-corrected chi connectivity index (χ4v) is 5.31. The Hall–Kier alpha value is -3.40. The van der Waals surface area contributed by atoms with Crippen molar-refractivity contribution in [3.8, 4) is 16.3 Å². The average molecular weight is 533 g/mol. The molecule has 37 heavy (non-hydrogen) atoms. The molecular weight excluding hydrogens is 505 g/mol. The number of aryl methyl sites for hydroxylation is 1. The summed E-state index contributed by atoms with van der Waals surface area (Å²) in [6, 6.07) is 12.1. The highest BCUT2D eigenvalue weighted by molar-refractivity contribution is 7.17.